The summed E-state index contributed by atoms with van der Waals surface area (Å²) in [4.78, 5) is 23.3. The van der Waals surface area contributed by atoms with Gasteiger partial charge in [-0.1, -0.05) is 30.7 Å². The molecule has 6 heteroatoms. The summed E-state index contributed by atoms with van der Waals surface area (Å²) < 4.78 is 0. The molecule has 1 aromatic carbocycles. The molecule has 1 saturated heterocycles. The van der Waals surface area contributed by atoms with E-state index in [9.17, 15) is 4.79 Å². The van der Waals surface area contributed by atoms with Gasteiger partial charge in [0, 0.05) is 24.2 Å². The number of amides is 1. The van der Waals surface area contributed by atoms with Crippen LogP contribution in [0.1, 0.15) is 48.7 Å². The second-order valence-corrected chi connectivity index (χ2v) is 7.08. The van der Waals surface area contributed by atoms with E-state index < -0.39 is 0 Å². The number of nitrogens with one attached hydrogen (secondary N) is 1. The molecule has 1 aliphatic heterocycles. The van der Waals surface area contributed by atoms with Crippen LogP contribution in [-0.2, 0) is 6.42 Å². The van der Waals surface area contributed by atoms with E-state index in [1.807, 2.05) is 29.2 Å². The highest BCUT2D eigenvalue weighted by Crippen LogP contribution is 2.21. The maximum atomic E-state index is 12.7. The van der Waals surface area contributed by atoms with Crippen molar-refractivity contribution in [2.75, 3.05) is 18.4 Å². The van der Waals surface area contributed by atoms with Gasteiger partial charge in [0.15, 0.2) is 0 Å². The molecular formula is C20H25ClN4O. The number of benzene rings is 1. The number of carbonyl (C=O) groups excluding carboxylic acids is 1. The molecule has 0 saturated carbocycles. The minimum absolute atomic E-state index is 0.00300. The van der Waals surface area contributed by atoms with Crippen LogP contribution in [-0.4, -0.2) is 39.9 Å². The molecule has 1 aromatic heterocycles. The third-order valence-corrected chi connectivity index (χ3v) is 5.12. The SMILES string of the molecule is CCC1CCCCN1C(=O)c1cnc(NCCc2ccc(Cl)cc2)cn1. The predicted octanol–water partition coefficient (Wildman–Crippen LogP) is 4.19. The van der Waals surface area contributed by atoms with Crippen molar-refractivity contribution in [2.24, 2.45) is 0 Å². The highest BCUT2D eigenvalue weighted by Gasteiger charge is 2.27. The second kappa shape index (κ2) is 8.99. The number of halogens is 1. The predicted molar refractivity (Wildman–Crippen MR) is 105 cm³/mol. The van der Waals surface area contributed by atoms with Crippen molar-refractivity contribution in [3.63, 3.8) is 0 Å². The lowest BCUT2D eigenvalue weighted by molar-refractivity contribution is 0.0601. The Labute approximate surface area is 159 Å². The molecule has 1 fully saturated rings. The van der Waals surface area contributed by atoms with Crippen molar-refractivity contribution >= 4 is 23.3 Å². The van der Waals surface area contributed by atoms with Crippen molar-refractivity contribution in [1.82, 2.24) is 14.9 Å². The van der Waals surface area contributed by atoms with E-state index in [1.54, 1.807) is 12.4 Å². The standard InChI is InChI=1S/C20H25ClN4O/c1-2-17-5-3-4-12-25(17)20(26)18-13-24-19(14-23-18)22-11-10-15-6-8-16(21)9-7-15/h6-9,13-14,17H,2-5,10-12H2,1H3,(H,22,24). The Hall–Kier alpha value is -2.14. The molecule has 26 heavy (non-hydrogen) atoms. The number of nitrogens with zero attached hydrogens (tertiary/aromatic N) is 3. The van der Waals surface area contributed by atoms with Crippen molar-refractivity contribution in [3.05, 3.63) is 52.9 Å². The van der Waals surface area contributed by atoms with Gasteiger partial charge in [0.25, 0.3) is 5.91 Å². The van der Waals surface area contributed by atoms with Crippen LogP contribution in [0.15, 0.2) is 36.7 Å². The molecule has 1 unspecified atom stereocenters. The number of piperidine rings is 1. The second-order valence-electron chi connectivity index (χ2n) is 6.65. The van der Waals surface area contributed by atoms with Crippen LogP contribution in [0.3, 0.4) is 0 Å². The topological polar surface area (TPSA) is 58.1 Å². The molecule has 1 atom stereocenters. The largest absolute Gasteiger partial charge is 0.368 e. The minimum Gasteiger partial charge on any atom is -0.368 e. The van der Waals surface area contributed by atoms with Crippen LogP contribution in [0.25, 0.3) is 0 Å². The van der Waals surface area contributed by atoms with Crippen LogP contribution in [0.2, 0.25) is 5.02 Å². The molecule has 0 aliphatic carbocycles. The van der Waals surface area contributed by atoms with Crippen molar-refractivity contribution in [1.29, 1.82) is 0 Å². The zero-order valence-corrected chi connectivity index (χ0v) is 15.9. The van der Waals surface area contributed by atoms with Crippen LogP contribution in [0.5, 0.6) is 0 Å². The van der Waals surface area contributed by atoms with Gasteiger partial charge in [0.05, 0.1) is 12.4 Å². The smallest absolute Gasteiger partial charge is 0.274 e. The van der Waals surface area contributed by atoms with Gasteiger partial charge in [-0.05, 0) is 49.8 Å². The number of carbonyl (C=O) groups is 1. The minimum atomic E-state index is -0.00300. The fraction of sp³-hybridized carbons (Fsp3) is 0.450. The molecule has 3 rings (SSSR count). The van der Waals surface area contributed by atoms with Gasteiger partial charge in [0.1, 0.15) is 11.5 Å². The summed E-state index contributed by atoms with van der Waals surface area (Å²) in [5.74, 6) is 0.679. The number of rotatable bonds is 6. The molecule has 1 aliphatic rings. The van der Waals surface area contributed by atoms with Gasteiger partial charge >= 0.3 is 0 Å². The zero-order chi connectivity index (χ0) is 18.4. The summed E-state index contributed by atoms with van der Waals surface area (Å²) in [6.07, 6.45) is 8.42. The first-order chi connectivity index (χ1) is 12.7. The Kier molecular flexibility index (Phi) is 6.45. The average molecular weight is 373 g/mol. The molecule has 0 radical (unpaired) electrons. The lowest BCUT2D eigenvalue weighted by atomic mass is 10.00. The maximum absolute atomic E-state index is 12.7. The number of anilines is 1. The average Bonchev–Trinajstić information content (AvgIpc) is 2.69. The summed E-state index contributed by atoms with van der Waals surface area (Å²) >= 11 is 5.89. The van der Waals surface area contributed by atoms with Crippen LogP contribution in [0, 0.1) is 0 Å². The van der Waals surface area contributed by atoms with Crippen LogP contribution in [0.4, 0.5) is 5.82 Å². The van der Waals surface area contributed by atoms with Crippen molar-refractivity contribution in [2.45, 2.75) is 45.1 Å². The lowest BCUT2D eigenvalue weighted by Crippen LogP contribution is -2.43. The van der Waals surface area contributed by atoms with E-state index in [-0.39, 0.29) is 5.91 Å². The number of aromatic nitrogens is 2. The van der Waals surface area contributed by atoms with Crippen LogP contribution < -0.4 is 5.32 Å². The Bertz CT molecular complexity index is 718. The van der Waals surface area contributed by atoms with Gasteiger partial charge in [-0.2, -0.15) is 0 Å². The molecule has 5 nitrogen and oxygen atoms in total. The normalized spacial score (nSPS) is 17.2. The molecule has 138 valence electrons. The van der Waals surface area contributed by atoms with Gasteiger partial charge in [-0.25, -0.2) is 9.97 Å². The van der Waals surface area contributed by atoms with E-state index in [0.29, 0.717) is 17.6 Å². The Morgan fingerprint density at radius 3 is 2.73 bits per heavy atom. The first-order valence-electron chi connectivity index (χ1n) is 9.28. The Morgan fingerprint density at radius 2 is 2.04 bits per heavy atom. The highest BCUT2D eigenvalue weighted by molar-refractivity contribution is 6.30. The van der Waals surface area contributed by atoms with Crippen LogP contribution >= 0.6 is 11.6 Å². The van der Waals surface area contributed by atoms with E-state index in [2.05, 4.69) is 22.2 Å². The molecule has 2 heterocycles. The van der Waals surface area contributed by atoms with Gasteiger partial charge in [-0.3, -0.25) is 4.79 Å². The van der Waals surface area contributed by atoms with Crippen molar-refractivity contribution in [3.8, 4) is 0 Å². The van der Waals surface area contributed by atoms with E-state index in [1.165, 1.54) is 12.0 Å². The summed E-state index contributed by atoms with van der Waals surface area (Å²) in [7, 11) is 0. The number of hydrogen-bond acceptors (Lipinski definition) is 4. The van der Waals surface area contributed by atoms with Gasteiger partial charge in [-0.15, -0.1) is 0 Å². The Morgan fingerprint density at radius 1 is 1.23 bits per heavy atom. The summed E-state index contributed by atoms with van der Waals surface area (Å²) in [5, 5.41) is 3.98. The first kappa shape index (κ1) is 18.6. The maximum Gasteiger partial charge on any atom is 0.274 e. The molecular weight excluding hydrogens is 348 g/mol. The number of hydrogen-bond donors (Lipinski definition) is 1. The Balaban J connectivity index is 1.54. The third-order valence-electron chi connectivity index (χ3n) is 4.86. The van der Waals surface area contributed by atoms with E-state index in [4.69, 9.17) is 11.6 Å². The molecule has 2 aromatic rings. The lowest BCUT2D eigenvalue weighted by Gasteiger charge is -2.34. The fourth-order valence-electron chi connectivity index (χ4n) is 3.36. The van der Waals surface area contributed by atoms with E-state index in [0.717, 1.165) is 43.8 Å². The molecule has 1 amide bonds. The molecule has 1 N–H and O–H groups in total. The third kappa shape index (κ3) is 4.73. The quantitative estimate of drug-likeness (QED) is 0.826. The highest BCUT2D eigenvalue weighted by atomic mass is 35.5. The molecule has 0 spiro atoms. The molecule has 0 bridgehead atoms. The van der Waals surface area contributed by atoms with Gasteiger partial charge in [0.2, 0.25) is 0 Å². The first-order valence-corrected chi connectivity index (χ1v) is 9.66. The summed E-state index contributed by atoms with van der Waals surface area (Å²) in [6.45, 7) is 3.70. The zero-order valence-electron chi connectivity index (χ0n) is 15.1. The monoisotopic (exact) mass is 372 g/mol. The summed E-state index contributed by atoms with van der Waals surface area (Å²) in [6, 6.07) is 8.14. The van der Waals surface area contributed by atoms with E-state index >= 15 is 0 Å². The van der Waals surface area contributed by atoms with Crippen molar-refractivity contribution < 1.29 is 4.79 Å². The summed E-state index contributed by atoms with van der Waals surface area (Å²) in [5.41, 5.74) is 1.63. The number of likely N-dealkylation sites (tertiary alicyclic amines) is 1. The fourth-order valence-corrected chi connectivity index (χ4v) is 3.48. The van der Waals surface area contributed by atoms with Gasteiger partial charge < -0.3 is 10.2 Å².